The standard InChI is InChI=1S/C11H14O2S/c1-8-3-6-11(9(2)7-8)14(12,13)10-4-5-10/h3,6-7,10H,4-5H2,1-2H3. The minimum Gasteiger partial charge on any atom is -0.223 e. The molecule has 76 valence electrons. The lowest BCUT2D eigenvalue weighted by Crippen LogP contribution is -2.08. The molecule has 0 aliphatic heterocycles. The third kappa shape index (κ3) is 1.57. The van der Waals surface area contributed by atoms with Crippen molar-refractivity contribution >= 4 is 9.84 Å². The topological polar surface area (TPSA) is 34.1 Å². The summed E-state index contributed by atoms with van der Waals surface area (Å²) in [5.74, 6) is 0. The van der Waals surface area contributed by atoms with E-state index in [0.717, 1.165) is 24.0 Å². The largest absolute Gasteiger partial charge is 0.223 e. The zero-order valence-corrected chi connectivity index (χ0v) is 9.26. The minimum absolute atomic E-state index is 0.107. The fourth-order valence-electron chi connectivity index (χ4n) is 1.68. The quantitative estimate of drug-likeness (QED) is 0.750. The van der Waals surface area contributed by atoms with Crippen molar-refractivity contribution in [1.82, 2.24) is 0 Å². The summed E-state index contributed by atoms with van der Waals surface area (Å²) >= 11 is 0. The van der Waals surface area contributed by atoms with Crippen molar-refractivity contribution in [2.75, 3.05) is 0 Å². The lowest BCUT2D eigenvalue weighted by atomic mass is 10.2. The van der Waals surface area contributed by atoms with Crippen LogP contribution in [0, 0.1) is 13.8 Å². The van der Waals surface area contributed by atoms with E-state index < -0.39 is 9.84 Å². The molecule has 0 amide bonds. The Kier molecular flexibility index (Phi) is 2.14. The van der Waals surface area contributed by atoms with E-state index in [2.05, 4.69) is 0 Å². The van der Waals surface area contributed by atoms with E-state index >= 15 is 0 Å². The first kappa shape index (κ1) is 9.71. The Balaban J connectivity index is 2.51. The Morgan fingerprint density at radius 1 is 1.21 bits per heavy atom. The third-order valence-corrected chi connectivity index (χ3v) is 5.02. The van der Waals surface area contributed by atoms with Gasteiger partial charge in [0.1, 0.15) is 0 Å². The van der Waals surface area contributed by atoms with E-state index in [1.165, 1.54) is 0 Å². The second-order valence-corrected chi connectivity index (χ2v) is 6.21. The maximum atomic E-state index is 11.9. The van der Waals surface area contributed by atoms with Gasteiger partial charge in [0.15, 0.2) is 9.84 Å². The van der Waals surface area contributed by atoms with Gasteiger partial charge in [0.2, 0.25) is 0 Å². The Bertz CT molecular complexity index is 456. The summed E-state index contributed by atoms with van der Waals surface area (Å²) in [5, 5.41) is -0.107. The van der Waals surface area contributed by atoms with Gasteiger partial charge in [-0.05, 0) is 38.3 Å². The smallest absolute Gasteiger partial charge is 0.181 e. The lowest BCUT2D eigenvalue weighted by molar-refractivity contribution is 0.594. The normalized spacial score (nSPS) is 17.0. The molecule has 1 fully saturated rings. The van der Waals surface area contributed by atoms with Crippen LogP contribution in [0.2, 0.25) is 0 Å². The van der Waals surface area contributed by atoms with Gasteiger partial charge in [-0.15, -0.1) is 0 Å². The van der Waals surface area contributed by atoms with Gasteiger partial charge in [-0.3, -0.25) is 0 Å². The first-order valence-electron chi connectivity index (χ1n) is 4.83. The highest BCUT2D eigenvalue weighted by atomic mass is 32.2. The Hall–Kier alpha value is -0.830. The summed E-state index contributed by atoms with van der Waals surface area (Å²) in [5.41, 5.74) is 1.98. The Labute approximate surface area is 84.9 Å². The minimum atomic E-state index is -3.01. The van der Waals surface area contributed by atoms with Crippen LogP contribution in [0.3, 0.4) is 0 Å². The van der Waals surface area contributed by atoms with Gasteiger partial charge in [0.25, 0.3) is 0 Å². The van der Waals surface area contributed by atoms with E-state index in [9.17, 15) is 8.42 Å². The highest BCUT2D eigenvalue weighted by Gasteiger charge is 2.37. The van der Waals surface area contributed by atoms with E-state index in [1.807, 2.05) is 26.0 Å². The fraction of sp³-hybridized carbons (Fsp3) is 0.455. The maximum absolute atomic E-state index is 11.9. The molecule has 2 nitrogen and oxygen atoms in total. The molecule has 1 aliphatic rings. The van der Waals surface area contributed by atoms with Crippen LogP contribution in [-0.2, 0) is 9.84 Å². The van der Waals surface area contributed by atoms with E-state index in [-0.39, 0.29) is 5.25 Å². The lowest BCUT2D eigenvalue weighted by Gasteiger charge is -2.06. The molecule has 14 heavy (non-hydrogen) atoms. The number of benzene rings is 1. The molecule has 1 aromatic carbocycles. The molecule has 0 heterocycles. The van der Waals surface area contributed by atoms with Crippen LogP contribution in [0.4, 0.5) is 0 Å². The van der Waals surface area contributed by atoms with Crippen LogP contribution in [0.15, 0.2) is 23.1 Å². The van der Waals surface area contributed by atoms with Gasteiger partial charge in [0.05, 0.1) is 10.1 Å². The molecule has 0 spiro atoms. The summed E-state index contributed by atoms with van der Waals surface area (Å²) in [6, 6.07) is 5.52. The molecule has 0 saturated heterocycles. The molecule has 0 unspecified atom stereocenters. The first-order valence-corrected chi connectivity index (χ1v) is 6.37. The summed E-state index contributed by atoms with van der Waals surface area (Å²) in [7, 11) is -3.01. The van der Waals surface area contributed by atoms with Crippen molar-refractivity contribution in [3.63, 3.8) is 0 Å². The molecule has 1 saturated carbocycles. The molecule has 1 aliphatic carbocycles. The first-order chi connectivity index (χ1) is 6.51. The molecule has 1 aromatic rings. The van der Waals surface area contributed by atoms with Crippen molar-refractivity contribution < 1.29 is 8.42 Å². The van der Waals surface area contributed by atoms with Gasteiger partial charge in [-0.1, -0.05) is 17.7 Å². The number of aryl methyl sites for hydroxylation is 2. The van der Waals surface area contributed by atoms with Gasteiger partial charge in [-0.2, -0.15) is 0 Å². The predicted molar refractivity (Wildman–Crippen MR) is 56.1 cm³/mol. The number of hydrogen-bond acceptors (Lipinski definition) is 2. The van der Waals surface area contributed by atoms with Gasteiger partial charge < -0.3 is 0 Å². The van der Waals surface area contributed by atoms with E-state index in [4.69, 9.17) is 0 Å². The van der Waals surface area contributed by atoms with Crippen molar-refractivity contribution in [2.45, 2.75) is 36.8 Å². The van der Waals surface area contributed by atoms with Crippen molar-refractivity contribution in [3.05, 3.63) is 29.3 Å². The predicted octanol–water partition coefficient (Wildman–Crippen LogP) is 2.24. The average Bonchev–Trinajstić information content (AvgIpc) is 2.84. The molecular formula is C11H14O2S. The van der Waals surface area contributed by atoms with Gasteiger partial charge >= 0.3 is 0 Å². The molecule has 2 rings (SSSR count). The monoisotopic (exact) mass is 210 g/mol. The molecular weight excluding hydrogens is 196 g/mol. The van der Waals surface area contributed by atoms with Crippen LogP contribution in [0.5, 0.6) is 0 Å². The van der Waals surface area contributed by atoms with Crippen LogP contribution in [0.25, 0.3) is 0 Å². The van der Waals surface area contributed by atoms with Crippen LogP contribution in [-0.4, -0.2) is 13.7 Å². The molecule has 0 radical (unpaired) electrons. The van der Waals surface area contributed by atoms with E-state index in [0.29, 0.717) is 4.90 Å². The Morgan fingerprint density at radius 2 is 1.86 bits per heavy atom. The third-order valence-electron chi connectivity index (χ3n) is 2.60. The zero-order chi connectivity index (χ0) is 10.3. The van der Waals surface area contributed by atoms with Crippen LogP contribution in [0.1, 0.15) is 24.0 Å². The van der Waals surface area contributed by atoms with Gasteiger partial charge in [0, 0.05) is 0 Å². The molecule has 3 heteroatoms. The molecule has 0 N–H and O–H groups in total. The molecule has 0 bridgehead atoms. The summed E-state index contributed by atoms with van der Waals surface area (Å²) in [6.07, 6.45) is 1.66. The summed E-state index contributed by atoms with van der Waals surface area (Å²) in [4.78, 5) is 0.519. The highest BCUT2D eigenvalue weighted by molar-refractivity contribution is 7.92. The molecule has 0 atom stereocenters. The van der Waals surface area contributed by atoms with Crippen LogP contribution >= 0.6 is 0 Å². The van der Waals surface area contributed by atoms with Gasteiger partial charge in [-0.25, -0.2) is 8.42 Å². The number of sulfone groups is 1. The second-order valence-electron chi connectivity index (χ2n) is 4.01. The summed E-state index contributed by atoms with van der Waals surface area (Å²) in [6.45, 7) is 3.84. The number of hydrogen-bond donors (Lipinski definition) is 0. The fourth-order valence-corrected chi connectivity index (χ4v) is 3.56. The van der Waals surface area contributed by atoms with Crippen molar-refractivity contribution in [2.24, 2.45) is 0 Å². The SMILES string of the molecule is Cc1ccc(S(=O)(=O)C2CC2)c(C)c1. The second kappa shape index (κ2) is 3.09. The zero-order valence-electron chi connectivity index (χ0n) is 8.45. The highest BCUT2D eigenvalue weighted by Crippen LogP contribution is 2.34. The van der Waals surface area contributed by atoms with E-state index in [1.54, 1.807) is 6.07 Å². The van der Waals surface area contributed by atoms with Crippen LogP contribution < -0.4 is 0 Å². The average molecular weight is 210 g/mol. The van der Waals surface area contributed by atoms with Crippen molar-refractivity contribution in [3.8, 4) is 0 Å². The van der Waals surface area contributed by atoms with Crippen molar-refractivity contribution in [1.29, 1.82) is 0 Å². The Morgan fingerprint density at radius 3 is 2.36 bits per heavy atom. The number of rotatable bonds is 2. The maximum Gasteiger partial charge on any atom is 0.181 e. The summed E-state index contributed by atoms with van der Waals surface area (Å²) < 4.78 is 23.9. The molecule has 0 aromatic heterocycles.